The van der Waals surface area contributed by atoms with Gasteiger partial charge in [-0.15, -0.1) is 0 Å². The van der Waals surface area contributed by atoms with Crippen molar-refractivity contribution in [2.75, 3.05) is 0 Å². The molecule has 0 saturated carbocycles. The molecule has 0 aliphatic rings. The third kappa shape index (κ3) is 3.33. The van der Waals surface area contributed by atoms with Crippen LogP contribution in [0.4, 0.5) is 0 Å². The zero-order chi connectivity index (χ0) is 25.5. The van der Waals surface area contributed by atoms with Gasteiger partial charge in [0.2, 0.25) is 0 Å². The fraction of sp³-hybridized carbons (Fsp3) is 0.143. The Morgan fingerprint density at radius 3 is 1.95 bits per heavy atom. The topological polar surface area (TPSA) is 9.86 Å². The van der Waals surface area contributed by atoms with Gasteiger partial charge >= 0.3 is 0 Å². The lowest BCUT2D eigenvalue weighted by molar-refractivity contribution is 1.10. The van der Waals surface area contributed by atoms with Crippen LogP contribution in [0.5, 0.6) is 0 Å². The maximum atomic E-state index is 4.03. The van der Waals surface area contributed by atoms with E-state index in [1.807, 2.05) is 6.08 Å². The summed E-state index contributed by atoms with van der Waals surface area (Å²) >= 11 is 0. The van der Waals surface area contributed by atoms with Gasteiger partial charge in [-0.25, -0.2) is 0 Å². The Morgan fingerprint density at radius 2 is 1.30 bits per heavy atom. The van der Waals surface area contributed by atoms with Crippen molar-refractivity contribution >= 4 is 49.3 Å². The van der Waals surface area contributed by atoms with E-state index in [1.165, 1.54) is 60.4 Å². The predicted molar refractivity (Wildman–Crippen MR) is 162 cm³/mol. The average Bonchev–Trinajstić information content (AvgIpc) is 3.46. The summed E-state index contributed by atoms with van der Waals surface area (Å²) in [4.78, 5) is 0. The van der Waals surface area contributed by atoms with Crippen LogP contribution < -0.4 is 0 Å². The van der Waals surface area contributed by atoms with Crippen LogP contribution >= 0.6 is 0 Å². The third-order valence-electron chi connectivity index (χ3n) is 7.53. The highest BCUT2D eigenvalue weighted by Gasteiger charge is 2.25. The Hall–Kier alpha value is -4.30. The van der Waals surface area contributed by atoms with Crippen LogP contribution in [0.2, 0.25) is 0 Å². The Bertz CT molecular complexity index is 1860. The molecule has 2 heteroatoms. The fourth-order valence-corrected chi connectivity index (χ4v) is 6.20. The summed E-state index contributed by atoms with van der Waals surface area (Å²) in [7, 11) is 0. The highest BCUT2D eigenvalue weighted by atomic mass is 15.0. The molecule has 0 bridgehead atoms. The summed E-state index contributed by atoms with van der Waals surface area (Å²) < 4.78 is 4.94. The number of aryl methyl sites for hydroxylation is 2. The van der Waals surface area contributed by atoms with E-state index in [2.05, 4.69) is 134 Å². The van der Waals surface area contributed by atoms with Gasteiger partial charge < -0.3 is 9.13 Å². The monoisotopic (exact) mass is 480 g/mol. The molecule has 6 rings (SSSR count). The number of para-hydroxylation sites is 3. The van der Waals surface area contributed by atoms with Gasteiger partial charge in [-0.05, 0) is 67.3 Å². The summed E-state index contributed by atoms with van der Waals surface area (Å²) in [6.45, 7) is 10.7. The van der Waals surface area contributed by atoms with Crippen LogP contribution in [0.1, 0.15) is 31.9 Å². The Morgan fingerprint density at radius 1 is 0.730 bits per heavy atom. The van der Waals surface area contributed by atoms with Gasteiger partial charge in [-0.1, -0.05) is 87.2 Å². The third-order valence-corrected chi connectivity index (χ3v) is 7.53. The van der Waals surface area contributed by atoms with E-state index in [1.54, 1.807) is 0 Å². The van der Waals surface area contributed by atoms with Crippen molar-refractivity contribution in [3.05, 3.63) is 121 Å². The van der Waals surface area contributed by atoms with Gasteiger partial charge in [0.1, 0.15) is 0 Å². The summed E-state index contributed by atoms with van der Waals surface area (Å²) in [6.07, 6.45) is 10.2. The smallest absolute Gasteiger partial charge is 0.0583 e. The summed E-state index contributed by atoms with van der Waals surface area (Å²) in [6, 6.07) is 28.6. The number of hydrogen-bond acceptors (Lipinski definition) is 0. The number of aromatic nitrogens is 2. The molecule has 0 radical (unpaired) electrons. The summed E-state index contributed by atoms with van der Waals surface area (Å²) in [5.74, 6) is 0. The number of hydrogen-bond donors (Lipinski definition) is 0. The molecule has 6 aromatic rings. The van der Waals surface area contributed by atoms with Crippen molar-refractivity contribution < 1.29 is 0 Å². The first-order chi connectivity index (χ1) is 18.2. The van der Waals surface area contributed by atoms with Crippen LogP contribution in [0.3, 0.4) is 0 Å². The molecule has 0 aliphatic carbocycles. The van der Waals surface area contributed by atoms with Crippen LogP contribution in [-0.4, -0.2) is 9.13 Å². The number of benzene rings is 4. The van der Waals surface area contributed by atoms with E-state index in [4.69, 9.17) is 0 Å². The first-order valence-corrected chi connectivity index (χ1v) is 13.3. The second-order valence-corrected chi connectivity index (χ2v) is 9.48. The van der Waals surface area contributed by atoms with Crippen molar-refractivity contribution in [3.63, 3.8) is 0 Å². The predicted octanol–water partition coefficient (Wildman–Crippen LogP) is 9.62. The molecule has 0 spiro atoms. The SMILES string of the molecule is C=C/C=C(\C=C/C)n1c2ccccc2c2c(CC)c3c(c(CC)c21)c1ccccc1n3-c1ccccc1. The second-order valence-electron chi connectivity index (χ2n) is 9.48. The molecule has 0 atom stereocenters. The quantitative estimate of drug-likeness (QED) is 0.210. The van der Waals surface area contributed by atoms with Gasteiger partial charge in [0.15, 0.2) is 0 Å². The molecule has 0 unspecified atom stereocenters. The average molecular weight is 481 g/mol. The highest BCUT2D eigenvalue weighted by Crippen LogP contribution is 2.45. The van der Waals surface area contributed by atoms with Crippen molar-refractivity contribution in [1.82, 2.24) is 9.13 Å². The number of allylic oxidation sites excluding steroid dienone is 5. The molecule has 0 aliphatic heterocycles. The Labute approximate surface area is 218 Å². The van der Waals surface area contributed by atoms with Gasteiger partial charge in [0.05, 0.1) is 22.1 Å². The first-order valence-electron chi connectivity index (χ1n) is 13.3. The summed E-state index contributed by atoms with van der Waals surface area (Å²) in [5, 5.41) is 5.35. The van der Waals surface area contributed by atoms with Crippen LogP contribution in [-0.2, 0) is 12.8 Å². The van der Waals surface area contributed by atoms with Crippen molar-refractivity contribution in [2.24, 2.45) is 0 Å². The molecule has 0 saturated heterocycles. The highest BCUT2D eigenvalue weighted by molar-refractivity contribution is 6.23. The lowest BCUT2D eigenvalue weighted by Gasteiger charge is -2.16. The van der Waals surface area contributed by atoms with Crippen molar-refractivity contribution in [3.8, 4) is 5.69 Å². The largest absolute Gasteiger partial charge is 0.309 e. The van der Waals surface area contributed by atoms with Crippen molar-refractivity contribution in [2.45, 2.75) is 33.6 Å². The lowest BCUT2D eigenvalue weighted by atomic mass is 9.94. The molecule has 2 aromatic heterocycles. The summed E-state index contributed by atoms with van der Waals surface area (Å²) in [5.41, 5.74) is 10.3. The lowest BCUT2D eigenvalue weighted by Crippen LogP contribution is -2.01. The molecule has 2 nitrogen and oxygen atoms in total. The zero-order valence-electron chi connectivity index (χ0n) is 21.8. The van der Waals surface area contributed by atoms with Crippen LogP contribution in [0.25, 0.3) is 55.0 Å². The minimum absolute atomic E-state index is 0.938. The van der Waals surface area contributed by atoms with E-state index in [0.29, 0.717) is 0 Å². The van der Waals surface area contributed by atoms with E-state index in [0.717, 1.165) is 18.5 Å². The maximum absolute atomic E-state index is 4.03. The molecule has 0 N–H and O–H groups in total. The molecule has 4 aromatic carbocycles. The molecule has 0 amide bonds. The second kappa shape index (κ2) is 9.29. The van der Waals surface area contributed by atoms with Gasteiger partial charge in [-0.3, -0.25) is 0 Å². The minimum Gasteiger partial charge on any atom is -0.309 e. The molecular formula is C35H32N2. The van der Waals surface area contributed by atoms with Crippen molar-refractivity contribution in [1.29, 1.82) is 0 Å². The van der Waals surface area contributed by atoms with Crippen LogP contribution in [0, 0.1) is 0 Å². The van der Waals surface area contributed by atoms with E-state index in [-0.39, 0.29) is 0 Å². The minimum atomic E-state index is 0.938. The van der Waals surface area contributed by atoms with Crippen LogP contribution in [0.15, 0.2) is 110 Å². The van der Waals surface area contributed by atoms with Gasteiger partial charge in [-0.2, -0.15) is 0 Å². The van der Waals surface area contributed by atoms with E-state index < -0.39 is 0 Å². The number of fused-ring (bicyclic) bond motifs is 6. The Kier molecular flexibility index (Phi) is 5.81. The molecule has 2 heterocycles. The molecule has 37 heavy (non-hydrogen) atoms. The number of rotatable bonds is 6. The van der Waals surface area contributed by atoms with E-state index in [9.17, 15) is 0 Å². The molecule has 182 valence electrons. The fourth-order valence-electron chi connectivity index (χ4n) is 6.20. The Balaban J connectivity index is 1.98. The molecule has 0 fully saturated rings. The number of nitrogens with zero attached hydrogens (tertiary/aromatic N) is 2. The van der Waals surface area contributed by atoms with Gasteiger partial charge in [0.25, 0.3) is 0 Å². The standard InChI is InChI=1S/C35H32N2/c1-5-16-24(17-6-2)36-30-22-14-12-20-28(30)32-27(8-4)35-33(26(7-3)34(32)36)29-21-13-15-23-31(29)37(35)25-18-10-9-11-19-25/h5-6,9-23H,1,7-8H2,2-4H3/b17-6-,24-16+. The molecular weight excluding hydrogens is 448 g/mol. The zero-order valence-corrected chi connectivity index (χ0v) is 21.8. The maximum Gasteiger partial charge on any atom is 0.0583 e. The van der Waals surface area contributed by atoms with Gasteiger partial charge in [0, 0.05) is 32.9 Å². The first kappa shape index (κ1) is 23.1. The van der Waals surface area contributed by atoms with E-state index >= 15 is 0 Å². The normalized spacial score (nSPS) is 12.6.